The van der Waals surface area contributed by atoms with Gasteiger partial charge in [-0.25, -0.2) is 0 Å². The van der Waals surface area contributed by atoms with Gasteiger partial charge in [0.25, 0.3) is 0 Å². The molecule has 0 N–H and O–H groups in total. The maximum atomic E-state index is 12.1. The lowest BCUT2D eigenvalue weighted by molar-refractivity contribution is 0.0982. The summed E-state index contributed by atoms with van der Waals surface area (Å²) in [4.78, 5) is 12.1. The molecular formula is C15H17ClN2O. The average molecular weight is 277 g/mol. The van der Waals surface area contributed by atoms with Crippen molar-refractivity contribution in [1.29, 1.82) is 0 Å². The first-order valence-electron chi connectivity index (χ1n) is 6.43. The van der Waals surface area contributed by atoms with E-state index < -0.39 is 0 Å². The fraction of sp³-hybridized carbons (Fsp3) is 0.333. The Morgan fingerprint density at radius 2 is 2.00 bits per heavy atom. The summed E-state index contributed by atoms with van der Waals surface area (Å²) < 4.78 is 1.87. The largest absolute Gasteiger partial charge is 0.294 e. The quantitative estimate of drug-likeness (QED) is 0.781. The van der Waals surface area contributed by atoms with Crippen LogP contribution in [0.5, 0.6) is 0 Å². The van der Waals surface area contributed by atoms with Gasteiger partial charge in [-0.2, -0.15) is 5.10 Å². The van der Waals surface area contributed by atoms with Crippen LogP contribution in [0.1, 0.15) is 35.1 Å². The molecule has 100 valence electrons. The third-order valence-corrected chi connectivity index (χ3v) is 3.63. The van der Waals surface area contributed by atoms with Gasteiger partial charge in [-0.3, -0.25) is 9.48 Å². The summed E-state index contributed by atoms with van der Waals surface area (Å²) >= 11 is 6.23. The summed E-state index contributed by atoms with van der Waals surface area (Å²) in [6, 6.07) is 9.34. The number of hydrogen-bond donors (Lipinski definition) is 0. The number of nitrogens with zero attached hydrogens (tertiary/aromatic N) is 2. The highest BCUT2D eigenvalue weighted by Gasteiger charge is 2.14. The van der Waals surface area contributed by atoms with E-state index in [9.17, 15) is 4.79 Å². The van der Waals surface area contributed by atoms with E-state index in [2.05, 4.69) is 5.10 Å². The minimum absolute atomic E-state index is 0.137. The van der Waals surface area contributed by atoms with Gasteiger partial charge in [0.1, 0.15) is 0 Å². The van der Waals surface area contributed by atoms with Gasteiger partial charge in [0.05, 0.1) is 16.4 Å². The number of ketones is 1. The molecule has 2 aromatic rings. The first-order valence-corrected chi connectivity index (χ1v) is 6.81. The lowest BCUT2D eigenvalue weighted by Crippen LogP contribution is -2.07. The molecule has 1 aromatic heterocycles. The van der Waals surface area contributed by atoms with Crippen molar-refractivity contribution in [3.63, 3.8) is 0 Å². The second-order valence-corrected chi connectivity index (χ2v) is 4.83. The predicted molar refractivity (Wildman–Crippen MR) is 76.7 cm³/mol. The fourth-order valence-corrected chi connectivity index (χ4v) is 2.34. The Balaban J connectivity index is 2.09. The lowest BCUT2D eigenvalue weighted by Gasteiger charge is -2.05. The normalized spacial score (nSPS) is 10.7. The van der Waals surface area contributed by atoms with Crippen molar-refractivity contribution in [2.75, 3.05) is 0 Å². The van der Waals surface area contributed by atoms with Crippen molar-refractivity contribution in [1.82, 2.24) is 9.78 Å². The standard InChI is InChI=1S/C15H17ClN2O/c1-3-18-13(15(16)11(2)17-18)9-10-14(19)12-7-5-4-6-8-12/h4-8H,3,9-10H2,1-2H3. The topological polar surface area (TPSA) is 34.9 Å². The Hall–Kier alpha value is -1.61. The highest BCUT2D eigenvalue weighted by molar-refractivity contribution is 6.31. The molecule has 0 aliphatic rings. The van der Waals surface area contributed by atoms with E-state index in [0.717, 1.165) is 23.5 Å². The molecule has 3 nitrogen and oxygen atoms in total. The summed E-state index contributed by atoms with van der Waals surface area (Å²) in [5.74, 6) is 0.137. The van der Waals surface area contributed by atoms with Crippen LogP contribution in [0, 0.1) is 6.92 Å². The molecule has 0 fully saturated rings. The van der Waals surface area contributed by atoms with Crippen molar-refractivity contribution in [3.05, 3.63) is 52.3 Å². The van der Waals surface area contributed by atoms with E-state index in [0.29, 0.717) is 17.9 Å². The molecule has 0 amide bonds. The first kappa shape index (κ1) is 13.8. The fourth-order valence-electron chi connectivity index (χ4n) is 2.11. The summed E-state index contributed by atoms with van der Waals surface area (Å²) in [6.07, 6.45) is 1.08. The Morgan fingerprint density at radius 3 is 2.63 bits per heavy atom. The van der Waals surface area contributed by atoms with E-state index in [1.54, 1.807) is 0 Å². The number of rotatable bonds is 5. The molecule has 0 bridgehead atoms. The number of aromatic nitrogens is 2. The maximum Gasteiger partial charge on any atom is 0.163 e. The lowest BCUT2D eigenvalue weighted by atomic mass is 10.1. The SMILES string of the molecule is CCn1nc(C)c(Cl)c1CCC(=O)c1ccccc1. The van der Waals surface area contributed by atoms with Crippen molar-refractivity contribution in [2.45, 2.75) is 33.2 Å². The predicted octanol–water partition coefficient (Wildman–Crippen LogP) is 3.68. The van der Waals surface area contributed by atoms with Crippen LogP contribution in [0.2, 0.25) is 5.02 Å². The van der Waals surface area contributed by atoms with Crippen LogP contribution in [-0.2, 0) is 13.0 Å². The number of halogens is 1. The van der Waals surface area contributed by atoms with Gasteiger partial charge in [-0.05, 0) is 20.3 Å². The Bertz CT molecular complexity index is 575. The van der Waals surface area contributed by atoms with Gasteiger partial charge >= 0.3 is 0 Å². The van der Waals surface area contributed by atoms with Crippen LogP contribution in [0.15, 0.2) is 30.3 Å². The third kappa shape index (κ3) is 3.04. The van der Waals surface area contributed by atoms with Crippen LogP contribution in [0.4, 0.5) is 0 Å². The molecule has 0 spiro atoms. The van der Waals surface area contributed by atoms with Gasteiger partial charge in [0.2, 0.25) is 0 Å². The van der Waals surface area contributed by atoms with Crippen LogP contribution < -0.4 is 0 Å². The highest BCUT2D eigenvalue weighted by atomic mass is 35.5. The molecule has 1 heterocycles. The monoisotopic (exact) mass is 276 g/mol. The zero-order valence-electron chi connectivity index (χ0n) is 11.2. The molecule has 1 aromatic carbocycles. The number of Topliss-reactive ketones (excluding diaryl/α,β-unsaturated/α-hetero) is 1. The van der Waals surface area contributed by atoms with E-state index in [4.69, 9.17) is 11.6 Å². The Morgan fingerprint density at radius 1 is 1.32 bits per heavy atom. The van der Waals surface area contributed by atoms with E-state index >= 15 is 0 Å². The summed E-state index contributed by atoms with van der Waals surface area (Å²) in [6.45, 7) is 4.67. The highest BCUT2D eigenvalue weighted by Crippen LogP contribution is 2.22. The van der Waals surface area contributed by atoms with Gasteiger partial charge in [-0.15, -0.1) is 0 Å². The zero-order valence-corrected chi connectivity index (χ0v) is 11.9. The minimum atomic E-state index is 0.137. The van der Waals surface area contributed by atoms with Gasteiger partial charge in [0, 0.05) is 18.5 Å². The zero-order chi connectivity index (χ0) is 13.8. The van der Waals surface area contributed by atoms with Gasteiger partial charge in [0.15, 0.2) is 5.78 Å². The molecule has 4 heteroatoms. The first-order chi connectivity index (χ1) is 9.13. The van der Waals surface area contributed by atoms with Crippen LogP contribution >= 0.6 is 11.6 Å². The molecule has 0 aliphatic carbocycles. The van der Waals surface area contributed by atoms with Crippen molar-refractivity contribution >= 4 is 17.4 Å². The van der Waals surface area contributed by atoms with Crippen molar-refractivity contribution < 1.29 is 4.79 Å². The van der Waals surface area contributed by atoms with E-state index in [-0.39, 0.29) is 5.78 Å². The molecular weight excluding hydrogens is 260 g/mol. The average Bonchev–Trinajstić information content (AvgIpc) is 2.72. The molecule has 0 radical (unpaired) electrons. The second-order valence-electron chi connectivity index (χ2n) is 4.45. The van der Waals surface area contributed by atoms with Crippen molar-refractivity contribution in [3.8, 4) is 0 Å². The molecule has 2 rings (SSSR count). The molecule has 0 atom stereocenters. The number of hydrogen-bond acceptors (Lipinski definition) is 2. The Kier molecular flexibility index (Phi) is 4.38. The summed E-state index contributed by atoms with van der Waals surface area (Å²) in [5.41, 5.74) is 2.52. The third-order valence-electron chi connectivity index (χ3n) is 3.14. The summed E-state index contributed by atoms with van der Waals surface area (Å²) in [5, 5.41) is 5.04. The molecule has 0 saturated carbocycles. The van der Waals surface area contributed by atoms with Gasteiger partial charge in [-0.1, -0.05) is 41.9 Å². The van der Waals surface area contributed by atoms with Crippen LogP contribution in [-0.4, -0.2) is 15.6 Å². The molecule has 0 aliphatic heterocycles. The minimum Gasteiger partial charge on any atom is -0.294 e. The second kappa shape index (κ2) is 6.02. The molecule has 0 saturated heterocycles. The Labute approximate surface area is 118 Å². The van der Waals surface area contributed by atoms with Crippen molar-refractivity contribution in [2.24, 2.45) is 0 Å². The van der Waals surface area contributed by atoms with E-state index in [1.807, 2.05) is 48.9 Å². The number of carbonyl (C=O) groups is 1. The molecule has 0 unspecified atom stereocenters. The van der Waals surface area contributed by atoms with E-state index in [1.165, 1.54) is 0 Å². The van der Waals surface area contributed by atoms with Gasteiger partial charge < -0.3 is 0 Å². The number of aryl methyl sites for hydroxylation is 2. The molecule has 19 heavy (non-hydrogen) atoms. The maximum absolute atomic E-state index is 12.1. The smallest absolute Gasteiger partial charge is 0.163 e. The van der Waals surface area contributed by atoms with Crippen LogP contribution in [0.3, 0.4) is 0 Å². The number of benzene rings is 1. The summed E-state index contributed by atoms with van der Waals surface area (Å²) in [7, 11) is 0. The van der Waals surface area contributed by atoms with Crippen LogP contribution in [0.25, 0.3) is 0 Å². The number of carbonyl (C=O) groups excluding carboxylic acids is 1.